The van der Waals surface area contributed by atoms with Crippen LogP contribution in [0.25, 0.3) is 0 Å². The molecule has 2 aromatic carbocycles. The number of aromatic nitrogens is 1. The fraction of sp³-hybridized carbons (Fsp3) is 0.100. The molecule has 0 aliphatic heterocycles. The van der Waals surface area contributed by atoms with Crippen molar-refractivity contribution >= 4 is 34.8 Å². The first-order valence-corrected chi connectivity index (χ1v) is 8.73. The van der Waals surface area contributed by atoms with Crippen molar-refractivity contribution in [2.45, 2.75) is 13.0 Å². The molecule has 0 aliphatic rings. The summed E-state index contributed by atoms with van der Waals surface area (Å²) in [6.45, 7) is 0.355. The Morgan fingerprint density at radius 3 is 2.50 bits per heavy atom. The second-order valence-corrected chi connectivity index (χ2v) is 6.38. The maximum atomic E-state index is 12.3. The van der Waals surface area contributed by atoms with Gasteiger partial charge in [-0.2, -0.15) is 0 Å². The van der Waals surface area contributed by atoms with Crippen molar-refractivity contribution in [1.29, 1.82) is 0 Å². The summed E-state index contributed by atoms with van der Waals surface area (Å²) in [6.07, 6.45) is 1.81. The molecular weight excluding hydrogens is 371 g/mol. The highest BCUT2D eigenvalue weighted by Gasteiger charge is 2.11. The van der Waals surface area contributed by atoms with Crippen LogP contribution < -0.4 is 10.1 Å². The highest BCUT2D eigenvalue weighted by molar-refractivity contribution is 6.36. The number of ether oxygens (including phenoxy) is 1. The van der Waals surface area contributed by atoms with Crippen molar-refractivity contribution in [3.05, 3.63) is 88.2 Å². The molecule has 0 unspecified atom stereocenters. The lowest BCUT2D eigenvalue weighted by molar-refractivity contribution is -0.115. The summed E-state index contributed by atoms with van der Waals surface area (Å²) in [7, 11) is 0. The maximum absolute atomic E-state index is 12.3. The molecule has 1 amide bonds. The molecule has 3 rings (SSSR count). The van der Waals surface area contributed by atoms with E-state index in [1.165, 1.54) is 0 Å². The van der Waals surface area contributed by atoms with Gasteiger partial charge in [0.2, 0.25) is 5.91 Å². The zero-order chi connectivity index (χ0) is 18.4. The summed E-state index contributed by atoms with van der Waals surface area (Å²) in [5.41, 5.74) is 2.07. The molecule has 0 atom stereocenters. The van der Waals surface area contributed by atoms with E-state index in [1.54, 1.807) is 36.5 Å². The molecule has 1 aromatic heterocycles. The van der Waals surface area contributed by atoms with Crippen LogP contribution in [0.1, 0.15) is 11.3 Å². The molecule has 0 fully saturated rings. The molecule has 1 heterocycles. The number of carbonyl (C=O) groups excluding carboxylic acids is 1. The van der Waals surface area contributed by atoms with Crippen LogP contribution in [0.3, 0.4) is 0 Å². The van der Waals surface area contributed by atoms with E-state index >= 15 is 0 Å². The van der Waals surface area contributed by atoms with Crippen molar-refractivity contribution in [2.75, 3.05) is 5.32 Å². The number of pyridine rings is 1. The molecule has 0 bridgehead atoms. The first-order chi connectivity index (χ1) is 12.6. The minimum absolute atomic E-state index is 0.0948. The fourth-order valence-electron chi connectivity index (χ4n) is 2.37. The predicted molar refractivity (Wildman–Crippen MR) is 104 cm³/mol. The lowest BCUT2D eigenvalue weighted by Gasteiger charge is -2.10. The zero-order valence-electron chi connectivity index (χ0n) is 13.8. The second-order valence-electron chi connectivity index (χ2n) is 5.56. The molecular formula is C20H16Cl2N2O2. The third-order valence-electron chi connectivity index (χ3n) is 3.63. The van der Waals surface area contributed by atoms with Crippen LogP contribution in [0.2, 0.25) is 10.0 Å². The largest absolute Gasteiger partial charge is 0.487 e. The number of benzene rings is 2. The number of nitrogens with zero attached hydrogens (tertiary/aromatic N) is 1. The summed E-state index contributed by atoms with van der Waals surface area (Å²) in [5, 5.41) is 3.78. The summed E-state index contributed by atoms with van der Waals surface area (Å²) < 4.78 is 5.71. The van der Waals surface area contributed by atoms with Gasteiger partial charge in [0.15, 0.2) is 0 Å². The van der Waals surface area contributed by atoms with Gasteiger partial charge in [-0.3, -0.25) is 9.78 Å². The van der Waals surface area contributed by atoms with Crippen molar-refractivity contribution in [3.63, 3.8) is 0 Å². The Hall–Kier alpha value is -2.56. The van der Waals surface area contributed by atoms with E-state index in [0.717, 1.165) is 5.69 Å². The summed E-state index contributed by atoms with van der Waals surface area (Å²) in [5.74, 6) is 0.436. The van der Waals surface area contributed by atoms with Crippen molar-refractivity contribution in [1.82, 2.24) is 4.98 Å². The number of halogens is 2. The van der Waals surface area contributed by atoms with E-state index < -0.39 is 0 Å². The van der Waals surface area contributed by atoms with E-state index in [4.69, 9.17) is 27.9 Å². The lowest BCUT2D eigenvalue weighted by atomic mass is 10.1. The predicted octanol–water partition coefficient (Wildman–Crippen LogP) is 5.15. The molecule has 1 N–H and O–H groups in total. The quantitative estimate of drug-likeness (QED) is 0.637. The monoisotopic (exact) mass is 386 g/mol. The van der Waals surface area contributed by atoms with Crippen LogP contribution >= 0.6 is 23.2 Å². The van der Waals surface area contributed by atoms with Crippen molar-refractivity contribution in [2.24, 2.45) is 0 Å². The van der Waals surface area contributed by atoms with Crippen molar-refractivity contribution < 1.29 is 9.53 Å². The number of hydrogen-bond donors (Lipinski definition) is 1. The molecule has 132 valence electrons. The van der Waals surface area contributed by atoms with Gasteiger partial charge in [0.05, 0.1) is 12.1 Å². The van der Waals surface area contributed by atoms with Gasteiger partial charge in [-0.1, -0.05) is 41.4 Å². The molecule has 0 saturated carbocycles. The third-order valence-corrected chi connectivity index (χ3v) is 4.34. The molecule has 0 spiro atoms. The number of hydrogen-bond acceptors (Lipinski definition) is 3. The van der Waals surface area contributed by atoms with E-state index in [1.807, 2.05) is 30.3 Å². The van der Waals surface area contributed by atoms with Gasteiger partial charge < -0.3 is 10.1 Å². The Balaban J connectivity index is 1.62. The lowest BCUT2D eigenvalue weighted by Crippen LogP contribution is -2.15. The molecule has 3 aromatic rings. The van der Waals surface area contributed by atoms with Gasteiger partial charge in [0.25, 0.3) is 0 Å². The molecule has 0 aliphatic carbocycles. The Morgan fingerprint density at radius 1 is 1.00 bits per heavy atom. The standard InChI is InChI=1S/C20H16Cl2N2O2/c21-18-8-4-9-19(22)17(18)12-20(25)24-14-6-3-7-16(11-14)26-13-15-5-1-2-10-23-15/h1-11H,12-13H2,(H,24,25). The molecule has 4 nitrogen and oxygen atoms in total. The zero-order valence-corrected chi connectivity index (χ0v) is 15.3. The molecule has 26 heavy (non-hydrogen) atoms. The Labute approximate surface area is 161 Å². The van der Waals surface area contributed by atoms with Crippen LogP contribution in [-0.4, -0.2) is 10.9 Å². The van der Waals surface area contributed by atoms with E-state index in [2.05, 4.69) is 10.3 Å². The number of amides is 1. The number of carbonyl (C=O) groups is 1. The third kappa shape index (κ3) is 4.97. The van der Waals surface area contributed by atoms with E-state index in [-0.39, 0.29) is 12.3 Å². The van der Waals surface area contributed by atoms with Crippen LogP contribution in [0.5, 0.6) is 5.75 Å². The first kappa shape index (κ1) is 18.2. The smallest absolute Gasteiger partial charge is 0.228 e. The summed E-state index contributed by atoms with van der Waals surface area (Å²) >= 11 is 12.2. The van der Waals surface area contributed by atoms with Gasteiger partial charge in [-0.05, 0) is 42.0 Å². The Bertz CT molecular complexity index is 881. The summed E-state index contributed by atoms with van der Waals surface area (Å²) in [6, 6.07) is 18.0. The van der Waals surface area contributed by atoms with Gasteiger partial charge in [0.1, 0.15) is 12.4 Å². The minimum atomic E-state index is -0.207. The normalized spacial score (nSPS) is 10.4. The van der Waals surface area contributed by atoms with E-state index in [9.17, 15) is 4.79 Å². The number of rotatable bonds is 6. The first-order valence-electron chi connectivity index (χ1n) is 7.97. The average Bonchev–Trinajstić information content (AvgIpc) is 2.64. The van der Waals surface area contributed by atoms with Crippen LogP contribution in [0.15, 0.2) is 66.9 Å². The highest BCUT2D eigenvalue weighted by atomic mass is 35.5. The SMILES string of the molecule is O=C(Cc1c(Cl)cccc1Cl)Nc1cccc(OCc2ccccn2)c1. The van der Waals surface area contributed by atoms with Crippen LogP contribution in [0, 0.1) is 0 Å². The topological polar surface area (TPSA) is 51.2 Å². The Kier molecular flexibility index (Phi) is 6.10. The van der Waals surface area contributed by atoms with Gasteiger partial charge >= 0.3 is 0 Å². The fourth-order valence-corrected chi connectivity index (χ4v) is 2.90. The van der Waals surface area contributed by atoms with E-state index in [0.29, 0.717) is 33.7 Å². The van der Waals surface area contributed by atoms with Gasteiger partial charge in [-0.25, -0.2) is 0 Å². The number of anilines is 1. The number of nitrogens with one attached hydrogen (secondary N) is 1. The molecule has 0 saturated heterocycles. The average molecular weight is 387 g/mol. The van der Waals surface area contributed by atoms with Crippen LogP contribution in [0.4, 0.5) is 5.69 Å². The Morgan fingerprint density at radius 2 is 1.77 bits per heavy atom. The minimum Gasteiger partial charge on any atom is -0.487 e. The molecule has 6 heteroatoms. The van der Waals surface area contributed by atoms with Crippen molar-refractivity contribution in [3.8, 4) is 5.75 Å². The van der Waals surface area contributed by atoms with Gasteiger partial charge in [-0.15, -0.1) is 0 Å². The summed E-state index contributed by atoms with van der Waals surface area (Å²) in [4.78, 5) is 16.5. The van der Waals surface area contributed by atoms with Crippen LogP contribution in [-0.2, 0) is 17.8 Å². The molecule has 0 radical (unpaired) electrons. The second kappa shape index (κ2) is 8.70. The highest BCUT2D eigenvalue weighted by Crippen LogP contribution is 2.25. The van der Waals surface area contributed by atoms with Gasteiger partial charge in [0, 0.05) is 28.0 Å². The maximum Gasteiger partial charge on any atom is 0.228 e.